The number of benzene rings is 1. The number of carbonyl (C=O) groups excluding carboxylic acids is 1. The molecule has 1 N–H and O–H groups in total. The van der Waals surface area contributed by atoms with Crippen molar-refractivity contribution in [2.75, 3.05) is 20.1 Å². The van der Waals surface area contributed by atoms with Crippen LogP contribution in [-0.2, 0) is 10.0 Å². The van der Waals surface area contributed by atoms with Crippen LogP contribution < -0.4 is 4.72 Å². The lowest BCUT2D eigenvalue weighted by molar-refractivity contribution is 0.0521. The van der Waals surface area contributed by atoms with E-state index in [0.717, 1.165) is 25.4 Å². The molecule has 2 atom stereocenters. The van der Waals surface area contributed by atoms with Gasteiger partial charge >= 0.3 is 0 Å². The molecule has 1 amide bonds. The van der Waals surface area contributed by atoms with Crippen LogP contribution in [0.1, 0.15) is 42.5 Å². The number of nitrogens with zero attached hydrogens (tertiary/aromatic N) is 1. The second kappa shape index (κ2) is 7.02. The number of piperidine rings is 1. The maximum Gasteiger partial charge on any atom is 0.255 e. The van der Waals surface area contributed by atoms with Crippen molar-refractivity contribution >= 4 is 27.5 Å². The molecular weight excluding hydrogens is 348 g/mol. The van der Waals surface area contributed by atoms with Crippen LogP contribution in [0.5, 0.6) is 0 Å². The Morgan fingerprint density at radius 2 is 1.92 bits per heavy atom. The van der Waals surface area contributed by atoms with E-state index >= 15 is 0 Å². The van der Waals surface area contributed by atoms with Crippen LogP contribution in [0.2, 0.25) is 5.02 Å². The highest BCUT2D eigenvalue weighted by molar-refractivity contribution is 7.89. The van der Waals surface area contributed by atoms with Crippen molar-refractivity contribution in [3.8, 4) is 0 Å². The number of hydrogen-bond donors (Lipinski definition) is 1. The zero-order valence-corrected chi connectivity index (χ0v) is 15.4. The van der Waals surface area contributed by atoms with Gasteiger partial charge in [-0.15, -0.1) is 0 Å². The lowest BCUT2D eigenvalue weighted by Gasteiger charge is -2.41. The Morgan fingerprint density at radius 1 is 1.21 bits per heavy atom. The van der Waals surface area contributed by atoms with Crippen molar-refractivity contribution in [3.63, 3.8) is 0 Å². The summed E-state index contributed by atoms with van der Waals surface area (Å²) in [6.07, 6.45) is 6.01. The third kappa shape index (κ3) is 3.46. The van der Waals surface area contributed by atoms with Crippen LogP contribution in [0.25, 0.3) is 0 Å². The predicted octanol–water partition coefficient (Wildman–Crippen LogP) is 2.90. The number of nitrogens with one attached hydrogen (secondary N) is 1. The number of rotatable bonds is 3. The first-order chi connectivity index (χ1) is 11.4. The van der Waals surface area contributed by atoms with Gasteiger partial charge in [-0.2, -0.15) is 0 Å². The number of halogens is 1. The molecule has 0 radical (unpaired) electrons. The van der Waals surface area contributed by atoms with Gasteiger partial charge < -0.3 is 4.90 Å². The molecular formula is C17H23ClN2O3S. The van der Waals surface area contributed by atoms with Gasteiger partial charge in [-0.05, 0) is 49.9 Å². The van der Waals surface area contributed by atoms with Crippen molar-refractivity contribution < 1.29 is 13.2 Å². The molecule has 0 bridgehead atoms. The topological polar surface area (TPSA) is 66.5 Å². The summed E-state index contributed by atoms with van der Waals surface area (Å²) in [7, 11) is -2.25. The first-order valence-electron chi connectivity index (χ1n) is 8.45. The van der Waals surface area contributed by atoms with E-state index < -0.39 is 10.0 Å². The number of fused-ring (bicyclic) bond motifs is 1. The highest BCUT2D eigenvalue weighted by Crippen LogP contribution is 2.36. The highest BCUT2D eigenvalue weighted by atomic mass is 35.5. The molecule has 2 fully saturated rings. The summed E-state index contributed by atoms with van der Waals surface area (Å²) < 4.78 is 26.2. The zero-order chi connectivity index (χ0) is 17.3. The second-order valence-electron chi connectivity index (χ2n) is 6.69. The fourth-order valence-electron chi connectivity index (χ4n) is 3.91. The molecule has 132 valence electrons. The van der Waals surface area contributed by atoms with E-state index in [0.29, 0.717) is 10.9 Å². The standard InChI is InChI=1S/C17H23ClN2O3S/c1-19-24(22,23)14-6-7-16(18)15(10-14)17(21)20-9-8-12-4-2-3-5-13(12)11-20/h6-7,10,12-13,19H,2-5,8-9,11H2,1H3/t12-,13-/m1/s1. The largest absolute Gasteiger partial charge is 0.338 e. The Labute approximate surface area is 148 Å². The monoisotopic (exact) mass is 370 g/mol. The van der Waals surface area contributed by atoms with Gasteiger partial charge in [0.2, 0.25) is 10.0 Å². The number of carbonyl (C=O) groups is 1. The third-order valence-electron chi connectivity index (χ3n) is 5.33. The van der Waals surface area contributed by atoms with E-state index in [1.807, 2.05) is 4.90 Å². The van der Waals surface area contributed by atoms with Gasteiger partial charge in [-0.1, -0.05) is 30.9 Å². The summed E-state index contributed by atoms with van der Waals surface area (Å²) in [4.78, 5) is 14.8. The van der Waals surface area contributed by atoms with Gasteiger partial charge in [0.15, 0.2) is 0 Å². The van der Waals surface area contributed by atoms with E-state index in [1.165, 1.54) is 50.9 Å². The SMILES string of the molecule is CNS(=O)(=O)c1ccc(Cl)c(C(=O)N2CC[C@H]3CCCC[C@@H]3C2)c1. The number of hydrogen-bond acceptors (Lipinski definition) is 3. The Hall–Kier alpha value is -1.11. The molecule has 24 heavy (non-hydrogen) atoms. The van der Waals surface area contributed by atoms with E-state index in [2.05, 4.69) is 4.72 Å². The Balaban J connectivity index is 1.83. The van der Waals surface area contributed by atoms with Gasteiger partial charge in [-0.3, -0.25) is 4.79 Å². The smallest absolute Gasteiger partial charge is 0.255 e. The minimum absolute atomic E-state index is 0.0605. The molecule has 0 aromatic heterocycles. The van der Waals surface area contributed by atoms with E-state index in [4.69, 9.17) is 11.6 Å². The van der Waals surface area contributed by atoms with Gasteiger partial charge in [0.25, 0.3) is 5.91 Å². The Morgan fingerprint density at radius 3 is 2.62 bits per heavy atom. The normalized spacial score (nSPS) is 24.5. The molecule has 1 aromatic rings. The van der Waals surface area contributed by atoms with Crippen LogP contribution in [0.3, 0.4) is 0 Å². The maximum atomic E-state index is 12.9. The van der Waals surface area contributed by atoms with Crippen LogP contribution in [0.4, 0.5) is 0 Å². The van der Waals surface area contributed by atoms with Crippen LogP contribution in [0, 0.1) is 11.8 Å². The van der Waals surface area contributed by atoms with Gasteiger partial charge in [0, 0.05) is 13.1 Å². The molecule has 1 heterocycles. The molecule has 7 heteroatoms. The van der Waals surface area contributed by atoms with Crippen LogP contribution >= 0.6 is 11.6 Å². The molecule has 0 spiro atoms. The third-order valence-corrected chi connectivity index (χ3v) is 7.07. The molecule has 1 saturated heterocycles. The fourth-order valence-corrected chi connectivity index (χ4v) is 4.86. The summed E-state index contributed by atoms with van der Waals surface area (Å²) in [5.41, 5.74) is 0.266. The molecule has 2 aliphatic rings. The summed E-state index contributed by atoms with van der Waals surface area (Å²) in [5.74, 6) is 1.13. The first kappa shape index (κ1) is 17.7. The molecule has 1 aliphatic heterocycles. The number of amides is 1. The van der Waals surface area contributed by atoms with Crippen molar-refractivity contribution in [2.45, 2.75) is 37.0 Å². The van der Waals surface area contributed by atoms with Crippen molar-refractivity contribution in [1.29, 1.82) is 0 Å². The average Bonchev–Trinajstić information content (AvgIpc) is 2.61. The summed E-state index contributed by atoms with van der Waals surface area (Å²) in [5, 5.41) is 0.292. The minimum atomic E-state index is -3.60. The van der Waals surface area contributed by atoms with Gasteiger partial charge in [0.05, 0.1) is 15.5 Å². The molecule has 3 rings (SSSR count). The molecule has 1 aromatic carbocycles. The summed E-state index contributed by atoms with van der Waals surface area (Å²) >= 11 is 6.18. The lowest BCUT2D eigenvalue weighted by Crippen LogP contribution is -2.44. The second-order valence-corrected chi connectivity index (χ2v) is 8.99. The van der Waals surface area contributed by atoms with Gasteiger partial charge in [-0.25, -0.2) is 13.1 Å². The average molecular weight is 371 g/mol. The van der Waals surface area contributed by atoms with E-state index in [-0.39, 0.29) is 16.4 Å². The van der Waals surface area contributed by atoms with Crippen LogP contribution in [-0.4, -0.2) is 39.4 Å². The molecule has 5 nitrogen and oxygen atoms in total. The van der Waals surface area contributed by atoms with E-state index in [1.54, 1.807) is 0 Å². The van der Waals surface area contributed by atoms with Crippen molar-refractivity contribution in [2.24, 2.45) is 11.8 Å². The van der Waals surface area contributed by atoms with Crippen molar-refractivity contribution in [3.05, 3.63) is 28.8 Å². The molecule has 0 unspecified atom stereocenters. The Kier molecular flexibility index (Phi) is 5.18. The summed E-state index contributed by atoms with van der Waals surface area (Å²) in [6.45, 7) is 1.47. The zero-order valence-electron chi connectivity index (χ0n) is 13.8. The van der Waals surface area contributed by atoms with Gasteiger partial charge in [0.1, 0.15) is 0 Å². The Bertz CT molecular complexity index is 735. The highest BCUT2D eigenvalue weighted by Gasteiger charge is 2.33. The lowest BCUT2D eigenvalue weighted by atomic mass is 9.75. The molecule has 1 saturated carbocycles. The number of likely N-dealkylation sites (tertiary alicyclic amines) is 1. The van der Waals surface area contributed by atoms with E-state index in [9.17, 15) is 13.2 Å². The predicted molar refractivity (Wildman–Crippen MR) is 93.7 cm³/mol. The first-order valence-corrected chi connectivity index (χ1v) is 10.3. The fraction of sp³-hybridized carbons (Fsp3) is 0.588. The maximum absolute atomic E-state index is 12.9. The number of sulfonamides is 1. The quantitative estimate of drug-likeness (QED) is 0.889. The van der Waals surface area contributed by atoms with Crippen molar-refractivity contribution in [1.82, 2.24) is 9.62 Å². The van der Waals surface area contributed by atoms with Crippen LogP contribution in [0.15, 0.2) is 23.1 Å². The summed E-state index contributed by atoms with van der Waals surface area (Å²) in [6, 6.07) is 4.27. The minimum Gasteiger partial charge on any atom is -0.338 e. The molecule has 1 aliphatic carbocycles.